The van der Waals surface area contributed by atoms with E-state index in [2.05, 4.69) is 18.2 Å². The van der Waals surface area contributed by atoms with E-state index in [0.29, 0.717) is 24.0 Å². The standard InChI is InChI=1S/C35H31F2N3O3S/c1-38-29-15-8-3-2-7-12-23-13-9-14-25-31(24-16-17-27(36)30(37)26(24)21-44-34(23)25)40(29)39-19-18-28(41)33(32(39)35(38)42)43-20-22-10-5-4-6-11-22/h2-6,9-11,13-14,16-19,29,31H,7-8,12,15,20-21H2,1H3/b3-2+. The summed E-state index contributed by atoms with van der Waals surface area (Å²) in [4.78, 5) is 30.1. The van der Waals surface area contributed by atoms with Crippen LogP contribution >= 0.6 is 11.8 Å². The van der Waals surface area contributed by atoms with Crippen LogP contribution in [0, 0.1) is 11.6 Å². The molecule has 0 aliphatic carbocycles. The van der Waals surface area contributed by atoms with Gasteiger partial charge in [-0.15, -0.1) is 11.8 Å². The van der Waals surface area contributed by atoms with E-state index < -0.39 is 29.3 Å². The Morgan fingerprint density at radius 2 is 1.75 bits per heavy atom. The van der Waals surface area contributed by atoms with Crippen LogP contribution in [0.4, 0.5) is 8.78 Å². The zero-order chi connectivity index (χ0) is 30.4. The summed E-state index contributed by atoms with van der Waals surface area (Å²) in [7, 11) is 1.73. The molecule has 4 bridgehead atoms. The fourth-order valence-corrected chi connectivity index (χ4v) is 7.82. The molecular weight excluding hydrogens is 580 g/mol. The molecule has 1 amide bonds. The van der Waals surface area contributed by atoms with E-state index in [-0.39, 0.29) is 29.7 Å². The second-order valence-corrected chi connectivity index (χ2v) is 12.3. The van der Waals surface area contributed by atoms with Crippen molar-refractivity contribution < 1.29 is 18.3 Å². The summed E-state index contributed by atoms with van der Waals surface area (Å²) in [6.45, 7) is 0.109. The largest absolute Gasteiger partial charge is 0.482 e. The van der Waals surface area contributed by atoms with Gasteiger partial charge in [-0.3, -0.25) is 19.3 Å². The molecule has 6 nitrogen and oxygen atoms in total. The van der Waals surface area contributed by atoms with Crippen LogP contribution < -0.4 is 15.2 Å². The minimum Gasteiger partial charge on any atom is -0.482 e. The van der Waals surface area contributed by atoms with Crippen LogP contribution in [-0.4, -0.2) is 28.7 Å². The minimum atomic E-state index is -0.889. The van der Waals surface area contributed by atoms with Gasteiger partial charge in [0.05, 0.1) is 6.04 Å². The number of rotatable bonds is 3. The summed E-state index contributed by atoms with van der Waals surface area (Å²) in [6, 6.07) is 19.3. The molecule has 3 aliphatic rings. The molecule has 44 heavy (non-hydrogen) atoms. The molecule has 0 radical (unpaired) electrons. The number of allylic oxidation sites excluding steroid dienone is 2. The molecule has 0 saturated heterocycles. The molecule has 1 aromatic heterocycles. The van der Waals surface area contributed by atoms with E-state index in [9.17, 15) is 14.0 Å². The third kappa shape index (κ3) is 4.79. The topological polar surface area (TPSA) is 54.8 Å². The molecule has 4 heterocycles. The van der Waals surface area contributed by atoms with Gasteiger partial charge in [0.25, 0.3) is 5.91 Å². The van der Waals surface area contributed by atoms with Crippen molar-refractivity contribution in [1.29, 1.82) is 0 Å². The highest BCUT2D eigenvalue weighted by Gasteiger charge is 2.44. The number of carbonyl (C=O) groups excluding carboxylic acids is 1. The predicted molar refractivity (Wildman–Crippen MR) is 166 cm³/mol. The molecule has 7 rings (SSSR count). The Hall–Kier alpha value is -4.37. The van der Waals surface area contributed by atoms with Gasteiger partial charge in [-0.2, -0.15) is 0 Å². The monoisotopic (exact) mass is 611 g/mol. The van der Waals surface area contributed by atoms with Crippen molar-refractivity contribution in [3.8, 4) is 5.75 Å². The van der Waals surface area contributed by atoms with Crippen LogP contribution in [-0.2, 0) is 18.8 Å². The van der Waals surface area contributed by atoms with Gasteiger partial charge in [-0.25, -0.2) is 8.78 Å². The Morgan fingerprint density at radius 1 is 0.932 bits per heavy atom. The quantitative estimate of drug-likeness (QED) is 0.241. The van der Waals surface area contributed by atoms with Gasteiger partial charge < -0.3 is 9.64 Å². The van der Waals surface area contributed by atoms with E-state index in [1.54, 1.807) is 28.9 Å². The highest BCUT2D eigenvalue weighted by molar-refractivity contribution is 7.98. The van der Waals surface area contributed by atoms with Crippen LogP contribution in [0.1, 0.15) is 63.6 Å². The number of thioether (sulfide) groups is 1. The van der Waals surface area contributed by atoms with Gasteiger partial charge in [-0.1, -0.05) is 66.7 Å². The maximum absolute atomic E-state index is 15.6. The zero-order valence-corrected chi connectivity index (χ0v) is 25.0. The van der Waals surface area contributed by atoms with Gasteiger partial charge in [0, 0.05) is 35.5 Å². The van der Waals surface area contributed by atoms with Crippen molar-refractivity contribution >= 4 is 17.7 Å². The number of amides is 1. The van der Waals surface area contributed by atoms with E-state index in [4.69, 9.17) is 4.74 Å². The Morgan fingerprint density at radius 3 is 2.59 bits per heavy atom. The first-order chi connectivity index (χ1) is 21.4. The van der Waals surface area contributed by atoms with E-state index >= 15 is 4.39 Å². The van der Waals surface area contributed by atoms with Gasteiger partial charge >= 0.3 is 0 Å². The first kappa shape index (κ1) is 28.4. The number of ether oxygens (including phenoxy) is 1. The maximum atomic E-state index is 15.6. The van der Waals surface area contributed by atoms with E-state index in [0.717, 1.165) is 34.4 Å². The van der Waals surface area contributed by atoms with Crippen molar-refractivity contribution in [2.45, 2.75) is 55.1 Å². The highest BCUT2D eigenvalue weighted by Crippen LogP contribution is 2.47. The molecule has 2 atom stereocenters. The second-order valence-electron chi connectivity index (χ2n) is 11.3. The van der Waals surface area contributed by atoms with Crippen LogP contribution in [0.5, 0.6) is 5.75 Å². The zero-order valence-electron chi connectivity index (χ0n) is 24.2. The fraction of sp³-hybridized carbons (Fsp3) is 0.257. The van der Waals surface area contributed by atoms with Crippen LogP contribution in [0.3, 0.4) is 0 Å². The third-order valence-electron chi connectivity index (χ3n) is 8.70. The number of hydrogen-bond donors (Lipinski definition) is 0. The number of benzene rings is 3. The molecular formula is C35H31F2N3O3S. The molecule has 0 N–H and O–H groups in total. The second kappa shape index (κ2) is 11.6. The normalized spacial score (nSPS) is 19.9. The number of aryl methyl sites for hydroxylation is 1. The molecule has 0 spiro atoms. The summed E-state index contributed by atoms with van der Waals surface area (Å²) in [6.07, 6.45) is 8.41. The van der Waals surface area contributed by atoms with E-state index in [1.807, 2.05) is 47.5 Å². The number of hydrogen-bond acceptors (Lipinski definition) is 5. The number of nitrogens with zero attached hydrogens (tertiary/aromatic N) is 3. The SMILES string of the molecule is CN1C(=O)c2c(OCc3ccccc3)c(=O)ccn2N2C3c4ccc(F)c(F)c4CSc4c(cccc43)CC/C=C/CCC12. The fourth-order valence-electron chi connectivity index (χ4n) is 6.53. The number of carbonyl (C=O) groups is 1. The lowest BCUT2D eigenvalue weighted by Crippen LogP contribution is -2.61. The van der Waals surface area contributed by atoms with Crippen LogP contribution in [0.2, 0.25) is 0 Å². The number of aromatic nitrogens is 1. The number of halogens is 2. The summed E-state index contributed by atoms with van der Waals surface area (Å²) in [5.74, 6) is -1.86. The van der Waals surface area contributed by atoms with Gasteiger partial charge in [-0.05, 0) is 54.0 Å². The minimum absolute atomic E-state index is 0.0415. The molecule has 4 aromatic rings. The summed E-state index contributed by atoms with van der Waals surface area (Å²) < 4.78 is 38.1. The van der Waals surface area contributed by atoms with Crippen molar-refractivity contribution in [1.82, 2.24) is 9.58 Å². The Balaban J connectivity index is 1.48. The molecule has 0 fully saturated rings. The lowest BCUT2D eigenvalue weighted by atomic mass is 9.91. The number of pyridine rings is 1. The van der Waals surface area contributed by atoms with Crippen LogP contribution in [0.15, 0.2) is 94.8 Å². The predicted octanol–water partition coefficient (Wildman–Crippen LogP) is 6.73. The average molecular weight is 612 g/mol. The maximum Gasteiger partial charge on any atom is 0.277 e. The highest BCUT2D eigenvalue weighted by atomic mass is 32.2. The first-order valence-corrected chi connectivity index (χ1v) is 15.8. The van der Waals surface area contributed by atoms with Gasteiger partial charge in [0.1, 0.15) is 12.8 Å². The summed E-state index contributed by atoms with van der Waals surface area (Å²) in [5.41, 5.74) is 3.58. The average Bonchev–Trinajstić information content (AvgIpc) is 3.20. The first-order valence-electron chi connectivity index (χ1n) is 14.8. The van der Waals surface area contributed by atoms with Crippen molar-refractivity contribution in [3.63, 3.8) is 0 Å². The molecule has 3 aliphatic heterocycles. The molecule has 3 aromatic carbocycles. The van der Waals surface area contributed by atoms with E-state index in [1.165, 1.54) is 23.9 Å². The van der Waals surface area contributed by atoms with Gasteiger partial charge in [0.15, 0.2) is 23.1 Å². The smallest absolute Gasteiger partial charge is 0.277 e. The molecule has 224 valence electrons. The molecule has 9 heteroatoms. The lowest BCUT2D eigenvalue weighted by molar-refractivity contribution is 0.0603. The number of fused-ring (bicyclic) bond motifs is 6. The summed E-state index contributed by atoms with van der Waals surface area (Å²) in [5, 5.41) is 2.05. The molecule has 2 unspecified atom stereocenters. The van der Waals surface area contributed by atoms with Gasteiger partial charge in [0.2, 0.25) is 5.43 Å². The Kier molecular flexibility index (Phi) is 7.50. The van der Waals surface area contributed by atoms with Crippen molar-refractivity contribution in [3.05, 3.63) is 140 Å². The van der Waals surface area contributed by atoms with Crippen molar-refractivity contribution in [2.75, 3.05) is 12.1 Å². The van der Waals surface area contributed by atoms with Crippen molar-refractivity contribution in [2.24, 2.45) is 0 Å². The lowest BCUT2D eigenvalue weighted by Gasteiger charge is -2.49. The Bertz CT molecular complexity index is 1840. The summed E-state index contributed by atoms with van der Waals surface area (Å²) >= 11 is 1.52. The Labute approximate surface area is 258 Å². The van der Waals surface area contributed by atoms with Crippen LogP contribution in [0.25, 0.3) is 0 Å². The third-order valence-corrected chi connectivity index (χ3v) is 9.92. The molecule has 0 saturated carbocycles.